The smallest absolute Gasteiger partial charge is 0.428 e. The number of amides is 2. The van der Waals surface area contributed by atoms with Crippen molar-refractivity contribution in [1.82, 2.24) is 25.9 Å². The molecule has 0 aromatic carbocycles. The number of morpholine rings is 1. The van der Waals surface area contributed by atoms with Crippen molar-refractivity contribution in [2.45, 2.75) is 89.6 Å². The first-order valence-corrected chi connectivity index (χ1v) is 14.1. The highest BCUT2D eigenvalue weighted by Crippen LogP contribution is 2.41. The third kappa shape index (κ3) is 5.24. The van der Waals surface area contributed by atoms with Gasteiger partial charge in [-0.1, -0.05) is 0 Å². The molecule has 11 heteroatoms. The van der Waals surface area contributed by atoms with Gasteiger partial charge >= 0.3 is 6.09 Å². The summed E-state index contributed by atoms with van der Waals surface area (Å²) in [6, 6.07) is 3.86. The molecule has 3 atom stereocenters. The second kappa shape index (κ2) is 10.3. The molecule has 3 N–H and O–H groups in total. The molecular formula is C28H37N7O4. The van der Waals surface area contributed by atoms with Crippen LogP contribution in [-0.4, -0.2) is 69.8 Å². The van der Waals surface area contributed by atoms with Crippen molar-refractivity contribution < 1.29 is 19.1 Å². The highest BCUT2D eigenvalue weighted by Gasteiger charge is 2.47. The van der Waals surface area contributed by atoms with Gasteiger partial charge < -0.3 is 19.7 Å². The van der Waals surface area contributed by atoms with E-state index in [-0.39, 0.29) is 11.9 Å². The van der Waals surface area contributed by atoms with Crippen LogP contribution in [0.1, 0.15) is 79.2 Å². The zero-order chi connectivity index (χ0) is 27.1. The Morgan fingerprint density at radius 2 is 1.92 bits per heavy atom. The van der Waals surface area contributed by atoms with Gasteiger partial charge in [0.05, 0.1) is 12.2 Å². The third-order valence-electron chi connectivity index (χ3n) is 8.61. The fraction of sp³-hybridized carbons (Fsp3) is 0.607. The molecule has 2 saturated heterocycles. The largest absolute Gasteiger partial charge is 0.435 e. The average molecular weight is 536 g/mol. The maximum atomic E-state index is 12.5. The van der Waals surface area contributed by atoms with E-state index >= 15 is 0 Å². The summed E-state index contributed by atoms with van der Waals surface area (Å²) in [6.07, 6.45) is 8.12. The van der Waals surface area contributed by atoms with E-state index in [4.69, 9.17) is 14.5 Å². The summed E-state index contributed by atoms with van der Waals surface area (Å²) in [4.78, 5) is 31.9. The van der Waals surface area contributed by atoms with Gasteiger partial charge in [-0.2, -0.15) is 10.2 Å². The van der Waals surface area contributed by atoms with Crippen LogP contribution in [0.4, 0.5) is 10.6 Å². The summed E-state index contributed by atoms with van der Waals surface area (Å²) in [5.41, 5.74) is 5.72. The van der Waals surface area contributed by atoms with Gasteiger partial charge in [-0.3, -0.25) is 9.89 Å². The normalized spacial score (nSPS) is 29.0. The second-order valence-corrected chi connectivity index (χ2v) is 11.7. The number of hydrogen-bond acceptors (Lipinski definition) is 8. The Balaban J connectivity index is 1.12. The molecule has 2 aromatic heterocycles. The van der Waals surface area contributed by atoms with Crippen molar-refractivity contribution in [3.63, 3.8) is 0 Å². The van der Waals surface area contributed by atoms with E-state index in [1.165, 1.54) is 0 Å². The van der Waals surface area contributed by atoms with E-state index < -0.39 is 11.7 Å². The van der Waals surface area contributed by atoms with Gasteiger partial charge in [-0.15, -0.1) is 0 Å². The number of hydrogen-bond donors (Lipinski definition) is 3. The molecule has 5 heterocycles. The fourth-order valence-electron chi connectivity index (χ4n) is 6.63. The van der Waals surface area contributed by atoms with Crippen molar-refractivity contribution in [3.8, 4) is 0 Å². The molecule has 0 radical (unpaired) electrons. The predicted octanol–water partition coefficient (Wildman–Crippen LogP) is 3.37. The number of pyridine rings is 1. The Morgan fingerprint density at radius 3 is 2.59 bits per heavy atom. The monoisotopic (exact) mass is 535 g/mol. The van der Waals surface area contributed by atoms with Crippen LogP contribution in [0.5, 0.6) is 0 Å². The summed E-state index contributed by atoms with van der Waals surface area (Å²) >= 11 is 0. The van der Waals surface area contributed by atoms with Gasteiger partial charge in [0, 0.05) is 36.6 Å². The lowest BCUT2D eigenvalue weighted by Crippen LogP contribution is -2.52. The summed E-state index contributed by atoms with van der Waals surface area (Å²) < 4.78 is 12.0. The maximum Gasteiger partial charge on any atom is 0.428 e. The number of H-pyrrole nitrogens is 1. The Kier molecular flexibility index (Phi) is 6.78. The average Bonchev–Trinajstić information content (AvgIpc) is 3.50. The van der Waals surface area contributed by atoms with Crippen LogP contribution >= 0.6 is 0 Å². The van der Waals surface area contributed by atoms with Gasteiger partial charge in [0.15, 0.2) is 5.60 Å². The molecule has 39 heavy (non-hydrogen) atoms. The molecule has 6 rings (SSSR count). The van der Waals surface area contributed by atoms with Crippen LogP contribution in [-0.2, 0) is 9.47 Å². The van der Waals surface area contributed by atoms with E-state index in [9.17, 15) is 9.59 Å². The van der Waals surface area contributed by atoms with Crippen LogP contribution in [0.15, 0.2) is 23.4 Å². The van der Waals surface area contributed by atoms with E-state index in [0.29, 0.717) is 36.7 Å². The van der Waals surface area contributed by atoms with Crippen molar-refractivity contribution in [2.75, 3.05) is 18.0 Å². The predicted molar refractivity (Wildman–Crippen MR) is 145 cm³/mol. The van der Waals surface area contributed by atoms with Crippen LogP contribution in [0.3, 0.4) is 0 Å². The maximum absolute atomic E-state index is 12.5. The molecule has 3 fully saturated rings. The number of ether oxygens (including phenoxy) is 2. The van der Waals surface area contributed by atoms with Crippen molar-refractivity contribution in [1.29, 1.82) is 0 Å². The molecule has 1 aliphatic carbocycles. The third-order valence-corrected chi connectivity index (χ3v) is 8.61. The second-order valence-electron chi connectivity index (χ2n) is 11.7. The Labute approximate surface area is 228 Å². The number of carbonyl (C=O) groups is 2. The molecule has 4 aliphatic rings. The molecule has 2 bridgehead atoms. The standard InChI is InChI=1S/C28H37N7O4/c1-16-10-24(35-14-20-4-5-21(15-35)38-20)29-13-22(16)25-28(39-27(37)34-33-25)8-6-19(7-9-28)11-17(2)30-26(36)23-12-18(3)31-32-23/h10,12-13,17,19-21H,4-9,11,14-15H2,1-3H3,(H,30,36)(H,31,32)(H,34,37)/t17-,19?,20?,21?,28?/m0/s1. The first kappa shape index (κ1) is 25.8. The number of rotatable bonds is 6. The minimum absolute atomic E-state index is 0.00618. The topological polar surface area (TPSA) is 134 Å². The lowest BCUT2D eigenvalue weighted by Gasteiger charge is -2.42. The number of nitrogens with one attached hydrogen (secondary N) is 3. The van der Waals surface area contributed by atoms with E-state index in [0.717, 1.165) is 73.5 Å². The Bertz CT molecular complexity index is 1270. The Morgan fingerprint density at radius 1 is 1.18 bits per heavy atom. The minimum atomic E-state index is -0.774. The Hall–Kier alpha value is -3.47. The number of aryl methyl sites for hydroxylation is 2. The van der Waals surface area contributed by atoms with Gasteiger partial charge in [0.1, 0.15) is 17.2 Å². The van der Waals surface area contributed by atoms with Gasteiger partial charge in [0.25, 0.3) is 5.91 Å². The molecule has 1 saturated carbocycles. The van der Waals surface area contributed by atoms with Crippen molar-refractivity contribution >= 4 is 23.5 Å². The number of aromatic amines is 1. The number of aromatic nitrogens is 3. The van der Waals surface area contributed by atoms with Crippen molar-refractivity contribution in [3.05, 3.63) is 40.8 Å². The zero-order valence-corrected chi connectivity index (χ0v) is 22.8. The molecule has 208 valence electrons. The quantitative estimate of drug-likeness (QED) is 0.516. The summed E-state index contributed by atoms with van der Waals surface area (Å²) in [5.74, 6) is 1.19. The van der Waals surface area contributed by atoms with Crippen molar-refractivity contribution in [2.24, 2.45) is 11.0 Å². The van der Waals surface area contributed by atoms with Gasteiger partial charge in [-0.05, 0) is 89.3 Å². The van der Waals surface area contributed by atoms with E-state index in [1.807, 2.05) is 20.0 Å². The molecule has 2 unspecified atom stereocenters. The first-order valence-electron chi connectivity index (χ1n) is 14.1. The van der Waals surface area contributed by atoms with Crippen LogP contribution < -0.4 is 15.6 Å². The lowest BCUT2D eigenvalue weighted by atomic mass is 9.72. The molecule has 2 amide bonds. The highest BCUT2D eigenvalue weighted by atomic mass is 16.6. The molecule has 1 spiro atoms. The zero-order valence-electron chi connectivity index (χ0n) is 22.8. The van der Waals surface area contributed by atoms with E-state index in [2.05, 4.69) is 43.9 Å². The molecule has 2 aromatic rings. The molecular weight excluding hydrogens is 498 g/mol. The first-order chi connectivity index (χ1) is 18.8. The van der Waals surface area contributed by atoms with E-state index in [1.54, 1.807) is 6.07 Å². The summed E-state index contributed by atoms with van der Waals surface area (Å²) in [5, 5.41) is 14.4. The van der Waals surface area contributed by atoms with Crippen LogP contribution in [0, 0.1) is 19.8 Å². The van der Waals surface area contributed by atoms with Gasteiger partial charge in [0.2, 0.25) is 0 Å². The number of hydrazone groups is 1. The summed E-state index contributed by atoms with van der Waals surface area (Å²) in [6.45, 7) is 7.70. The van der Waals surface area contributed by atoms with Crippen LogP contribution in [0.25, 0.3) is 0 Å². The highest BCUT2D eigenvalue weighted by molar-refractivity contribution is 6.09. The lowest BCUT2D eigenvalue weighted by molar-refractivity contribution is 0.0154. The van der Waals surface area contributed by atoms with Gasteiger partial charge in [-0.25, -0.2) is 15.2 Å². The fourth-order valence-corrected chi connectivity index (χ4v) is 6.63. The summed E-state index contributed by atoms with van der Waals surface area (Å²) in [7, 11) is 0. The SMILES string of the molecule is Cc1cc(C(=O)N[C@@H](C)CC2CCC3(CC2)OC(=O)NN=C3c2cnc(N3CC4CCC(C3)O4)cc2C)n[nH]1. The molecule has 3 aliphatic heterocycles. The van der Waals surface area contributed by atoms with Crippen LogP contribution in [0.2, 0.25) is 0 Å². The number of fused-ring (bicyclic) bond motifs is 2. The number of carbonyl (C=O) groups excluding carboxylic acids is 2. The number of nitrogens with zero attached hydrogens (tertiary/aromatic N) is 4. The molecule has 11 nitrogen and oxygen atoms in total. The number of anilines is 1. The minimum Gasteiger partial charge on any atom is -0.435 e.